The molecule has 0 atom stereocenters. The molecule has 2 aromatic rings. The summed E-state index contributed by atoms with van der Waals surface area (Å²) in [5.74, 6) is 0. The largest absolute Gasteiger partial charge is 0.330 e. The predicted molar refractivity (Wildman–Crippen MR) is 71.2 cm³/mol. The van der Waals surface area contributed by atoms with E-state index in [0.717, 1.165) is 30.8 Å². The molecule has 4 heteroatoms. The van der Waals surface area contributed by atoms with E-state index in [-0.39, 0.29) is 0 Å². The topological polar surface area (TPSA) is 56.7 Å². The van der Waals surface area contributed by atoms with Crippen molar-refractivity contribution in [1.82, 2.24) is 14.8 Å². The molecule has 0 saturated carbocycles. The zero-order chi connectivity index (χ0) is 12.4. The lowest BCUT2D eigenvalue weighted by atomic mass is 10.0. The summed E-state index contributed by atoms with van der Waals surface area (Å²) in [6.07, 6.45) is 6.23. The van der Waals surface area contributed by atoms with Gasteiger partial charge in [-0.3, -0.25) is 9.67 Å². The van der Waals surface area contributed by atoms with Gasteiger partial charge in [-0.15, -0.1) is 0 Å². The second-order valence-corrected chi connectivity index (χ2v) is 4.70. The quantitative estimate of drug-likeness (QED) is 0.892. The summed E-state index contributed by atoms with van der Waals surface area (Å²) >= 11 is 0. The van der Waals surface area contributed by atoms with Crippen LogP contribution in [0.1, 0.15) is 24.2 Å². The van der Waals surface area contributed by atoms with Gasteiger partial charge >= 0.3 is 0 Å². The molecule has 0 radical (unpaired) electrons. The number of nitrogens with zero attached hydrogens (tertiary/aromatic N) is 3. The van der Waals surface area contributed by atoms with Crippen molar-refractivity contribution in [3.63, 3.8) is 0 Å². The molecule has 0 aromatic carbocycles. The van der Waals surface area contributed by atoms with Crippen LogP contribution in [0.15, 0.2) is 24.4 Å². The maximum Gasteiger partial charge on any atom is 0.0739 e. The van der Waals surface area contributed by atoms with Gasteiger partial charge in [-0.05, 0) is 37.9 Å². The number of nitrogens with two attached hydrogens (primary N) is 1. The number of pyridine rings is 1. The summed E-state index contributed by atoms with van der Waals surface area (Å²) in [6.45, 7) is 1.66. The van der Waals surface area contributed by atoms with Crippen LogP contribution >= 0.6 is 0 Å². The molecule has 3 heterocycles. The van der Waals surface area contributed by atoms with Gasteiger partial charge in [0.25, 0.3) is 0 Å². The standard InChI is InChI=1S/C14H18N4/c15-8-7-12-14(11-5-1-3-9-16-11)13-6-2-4-10-18(13)17-12/h1,3,5,9H,2,4,6-8,10,15H2. The van der Waals surface area contributed by atoms with Crippen LogP contribution in [0.4, 0.5) is 0 Å². The predicted octanol–water partition coefficient (Wildman–Crippen LogP) is 1.78. The lowest BCUT2D eigenvalue weighted by molar-refractivity contribution is 0.484. The normalized spacial score (nSPS) is 14.5. The Morgan fingerprint density at radius 2 is 2.22 bits per heavy atom. The molecule has 2 aromatic heterocycles. The highest BCUT2D eigenvalue weighted by Crippen LogP contribution is 2.30. The van der Waals surface area contributed by atoms with Crippen LogP contribution in [0.2, 0.25) is 0 Å². The summed E-state index contributed by atoms with van der Waals surface area (Å²) < 4.78 is 2.15. The van der Waals surface area contributed by atoms with Gasteiger partial charge in [0, 0.05) is 30.4 Å². The molecule has 2 N–H and O–H groups in total. The second-order valence-electron chi connectivity index (χ2n) is 4.70. The molecular weight excluding hydrogens is 224 g/mol. The van der Waals surface area contributed by atoms with E-state index >= 15 is 0 Å². The molecule has 1 aliphatic rings. The average molecular weight is 242 g/mol. The van der Waals surface area contributed by atoms with Crippen molar-refractivity contribution in [2.75, 3.05) is 6.54 Å². The van der Waals surface area contributed by atoms with Crippen molar-refractivity contribution in [2.45, 2.75) is 32.2 Å². The first-order valence-electron chi connectivity index (χ1n) is 6.60. The summed E-state index contributed by atoms with van der Waals surface area (Å²) in [7, 11) is 0. The number of hydrogen-bond acceptors (Lipinski definition) is 3. The third-order valence-electron chi connectivity index (χ3n) is 3.47. The molecule has 0 bridgehead atoms. The van der Waals surface area contributed by atoms with Crippen LogP contribution in [0.3, 0.4) is 0 Å². The Balaban J connectivity index is 2.13. The third-order valence-corrected chi connectivity index (χ3v) is 3.47. The third kappa shape index (κ3) is 1.93. The van der Waals surface area contributed by atoms with E-state index in [1.807, 2.05) is 18.3 Å². The zero-order valence-electron chi connectivity index (χ0n) is 10.5. The highest BCUT2D eigenvalue weighted by molar-refractivity contribution is 5.65. The molecule has 1 aliphatic heterocycles. The number of hydrogen-bond donors (Lipinski definition) is 1. The van der Waals surface area contributed by atoms with Crippen molar-refractivity contribution in [1.29, 1.82) is 0 Å². The zero-order valence-corrected chi connectivity index (χ0v) is 10.5. The molecule has 3 rings (SSSR count). The summed E-state index contributed by atoms with van der Waals surface area (Å²) in [5, 5.41) is 4.71. The minimum absolute atomic E-state index is 0.635. The van der Waals surface area contributed by atoms with E-state index in [4.69, 9.17) is 10.8 Å². The lowest BCUT2D eigenvalue weighted by Gasteiger charge is -2.14. The fourth-order valence-corrected chi connectivity index (χ4v) is 2.66. The number of rotatable bonds is 3. The monoisotopic (exact) mass is 242 g/mol. The molecule has 18 heavy (non-hydrogen) atoms. The van der Waals surface area contributed by atoms with Gasteiger partial charge in [0.15, 0.2) is 0 Å². The number of fused-ring (bicyclic) bond motifs is 1. The Hall–Kier alpha value is -1.68. The fourth-order valence-electron chi connectivity index (χ4n) is 2.66. The van der Waals surface area contributed by atoms with Crippen molar-refractivity contribution < 1.29 is 0 Å². The Labute approximate surface area is 107 Å². The van der Waals surface area contributed by atoms with Crippen LogP contribution in [-0.2, 0) is 19.4 Å². The van der Waals surface area contributed by atoms with Gasteiger partial charge in [0.2, 0.25) is 0 Å². The molecule has 0 saturated heterocycles. The molecule has 0 unspecified atom stereocenters. The molecule has 94 valence electrons. The van der Waals surface area contributed by atoms with Crippen molar-refractivity contribution >= 4 is 0 Å². The molecule has 0 aliphatic carbocycles. The SMILES string of the molecule is NCCc1nn2c(c1-c1ccccn1)CCCC2. The molecule has 4 nitrogen and oxygen atoms in total. The van der Waals surface area contributed by atoms with Crippen LogP contribution in [-0.4, -0.2) is 21.3 Å². The minimum atomic E-state index is 0.635. The summed E-state index contributed by atoms with van der Waals surface area (Å²) in [5.41, 5.74) is 10.4. The van der Waals surface area contributed by atoms with Gasteiger partial charge in [-0.2, -0.15) is 5.10 Å². The van der Waals surface area contributed by atoms with Crippen molar-refractivity contribution in [3.8, 4) is 11.3 Å². The summed E-state index contributed by atoms with van der Waals surface area (Å²) in [4.78, 5) is 4.48. The molecule has 0 spiro atoms. The van der Waals surface area contributed by atoms with E-state index < -0.39 is 0 Å². The maximum atomic E-state index is 5.70. The lowest BCUT2D eigenvalue weighted by Crippen LogP contribution is -2.11. The van der Waals surface area contributed by atoms with Crippen LogP contribution in [0.5, 0.6) is 0 Å². The van der Waals surface area contributed by atoms with Gasteiger partial charge in [0.1, 0.15) is 0 Å². The van der Waals surface area contributed by atoms with Gasteiger partial charge in [-0.25, -0.2) is 0 Å². The van der Waals surface area contributed by atoms with Crippen LogP contribution in [0.25, 0.3) is 11.3 Å². The van der Waals surface area contributed by atoms with E-state index in [1.54, 1.807) is 0 Å². The molecular formula is C14H18N4. The minimum Gasteiger partial charge on any atom is -0.330 e. The number of aromatic nitrogens is 3. The van der Waals surface area contributed by atoms with Gasteiger partial charge in [0.05, 0.1) is 11.4 Å². The highest BCUT2D eigenvalue weighted by atomic mass is 15.3. The second kappa shape index (κ2) is 4.90. The number of aryl methyl sites for hydroxylation is 1. The Bertz CT molecular complexity index is 530. The van der Waals surface area contributed by atoms with E-state index in [1.165, 1.54) is 24.1 Å². The van der Waals surface area contributed by atoms with Gasteiger partial charge in [-0.1, -0.05) is 6.07 Å². The summed E-state index contributed by atoms with van der Waals surface area (Å²) in [6, 6.07) is 6.04. The average Bonchev–Trinajstić information content (AvgIpc) is 2.78. The van der Waals surface area contributed by atoms with Crippen LogP contribution < -0.4 is 5.73 Å². The molecule has 0 fully saturated rings. The van der Waals surface area contributed by atoms with Crippen LogP contribution in [0, 0.1) is 0 Å². The molecule has 0 amide bonds. The fraction of sp³-hybridized carbons (Fsp3) is 0.429. The first kappa shape index (κ1) is 11.4. The van der Waals surface area contributed by atoms with E-state index in [9.17, 15) is 0 Å². The Morgan fingerprint density at radius 3 is 3.00 bits per heavy atom. The van der Waals surface area contributed by atoms with Crippen molar-refractivity contribution in [2.24, 2.45) is 5.73 Å². The first-order valence-corrected chi connectivity index (χ1v) is 6.60. The maximum absolute atomic E-state index is 5.70. The van der Waals surface area contributed by atoms with E-state index in [2.05, 4.69) is 15.7 Å². The highest BCUT2D eigenvalue weighted by Gasteiger charge is 2.21. The van der Waals surface area contributed by atoms with Gasteiger partial charge < -0.3 is 5.73 Å². The Morgan fingerprint density at radius 1 is 1.28 bits per heavy atom. The first-order chi connectivity index (χ1) is 8.90. The van der Waals surface area contributed by atoms with Crippen molar-refractivity contribution in [3.05, 3.63) is 35.8 Å². The smallest absolute Gasteiger partial charge is 0.0739 e. The van der Waals surface area contributed by atoms with E-state index in [0.29, 0.717) is 6.54 Å². The Kier molecular flexibility index (Phi) is 3.11.